The first kappa shape index (κ1) is 17.3. The van der Waals surface area contributed by atoms with Crippen LogP contribution < -0.4 is 4.74 Å². The second kappa shape index (κ2) is 7.14. The van der Waals surface area contributed by atoms with Gasteiger partial charge in [-0.3, -0.25) is 0 Å². The molecule has 0 atom stereocenters. The predicted molar refractivity (Wildman–Crippen MR) is 87.2 cm³/mol. The normalized spacial score (nSPS) is 11.8. The van der Waals surface area contributed by atoms with Crippen LogP contribution in [0, 0.1) is 0 Å². The summed E-state index contributed by atoms with van der Waals surface area (Å²) in [4.78, 5) is 4.31. The van der Waals surface area contributed by atoms with Crippen LogP contribution in [0.5, 0.6) is 5.75 Å². The summed E-state index contributed by atoms with van der Waals surface area (Å²) in [5, 5.41) is 9.07. The second-order valence-corrected chi connectivity index (χ2v) is 5.56. The Balaban J connectivity index is 1.94. The summed E-state index contributed by atoms with van der Waals surface area (Å²) >= 11 is 0. The molecule has 0 aliphatic rings. The highest BCUT2D eigenvalue weighted by molar-refractivity contribution is 5.77. The van der Waals surface area contributed by atoms with E-state index in [4.69, 9.17) is 9.84 Å². The number of aromatic nitrogens is 2. The van der Waals surface area contributed by atoms with E-state index in [1.54, 1.807) is 16.7 Å². The minimum atomic E-state index is -4.41. The number of ether oxygens (including phenoxy) is 1. The first-order valence-electron chi connectivity index (χ1n) is 7.84. The standard InChI is InChI=1S/C18H17F3N2O2/c19-18(20,21)13-7-8-16-15(11-13)22-17(23(16)9-4-10-24)12-25-14-5-2-1-3-6-14/h1-3,5-8,11,24H,4,9-10,12H2. The minimum absolute atomic E-state index is 0.0146. The predicted octanol–water partition coefficient (Wildman–Crippen LogP) is 4.02. The summed E-state index contributed by atoms with van der Waals surface area (Å²) in [6.07, 6.45) is -3.94. The van der Waals surface area contributed by atoms with Crippen molar-refractivity contribution in [1.82, 2.24) is 9.55 Å². The third-order valence-electron chi connectivity index (χ3n) is 3.81. The molecule has 0 bridgehead atoms. The lowest BCUT2D eigenvalue weighted by molar-refractivity contribution is -0.137. The zero-order valence-corrected chi connectivity index (χ0v) is 13.3. The van der Waals surface area contributed by atoms with Crippen molar-refractivity contribution in [3.8, 4) is 5.75 Å². The Bertz CT molecular complexity index is 845. The third-order valence-corrected chi connectivity index (χ3v) is 3.81. The number of alkyl halides is 3. The fourth-order valence-electron chi connectivity index (χ4n) is 2.61. The number of aryl methyl sites for hydroxylation is 1. The van der Waals surface area contributed by atoms with Crippen LogP contribution in [0.2, 0.25) is 0 Å². The topological polar surface area (TPSA) is 47.3 Å². The van der Waals surface area contributed by atoms with E-state index in [-0.39, 0.29) is 18.7 Å². The number of rotatable bonds is 6. The Kier molecular flexibility index (Phi) is 4.94. The number of nitrogens with zero attached hydrogens (tertiary/aromatic N) is 2. The molecule has 1 N–H and O–H groups in total. The van der Waals surface area contributed by atoms with Gasteiger partial charge in [0, 0.05) is 13.2 Å². The number of halogens is 3. The highest BCUT2D eigenvalue weighted by Crippen LogP contribution is 2.31. The summed E-state index contributed by atoms with van der Waals surface area (Å²) in [6, 6.07) is 12.6. The summed E-state index contributed by atoms with van der Waals surface area (Å²) in [5.41, 5.74) is 0.120. The molecule has 3 aromatic rings. The summed E-state index contributed by atoms with van der Waals surface area (Å²) in [7, 11) is 0. The molecule has 0 aliphatic carbocycles. The quantitative estimate of drug-likeness (QED) is 0.730. The number of aliphatic hydroxyl groups is 1. The molecule has 3 rings (SSSR count). The van der Waals surface area contributed by atoms with Crippen LogP contribution >= 0.6 is 0 Å². The number of fused-ring (bicyclic) bond motifs is 1. The fourth-order valence-corrected chi connectivity index (χ4v) is 2.61. The number of para-hydroxylation sites is 1. The maximum Gasteiger partial charge on any atom is 0.416 e. The van der Waals surface area contributed by atoms with Gasteiger partial charge in [0.05, 0.1) is 16.6 Å². The smallest absolute Gasteiger partial charge is 0.416 e. The average Bonchev–Trinajstić information content (AvgIpc) is 2.95. The van der Waals surface area contributed by atoms with Crippen LogP contribution in [-0.2, 0) is 19.3 Å². The van der Waals surface area contributed by atoms with Crippen LogP contribution in [0.15, 0.2) is 48.5 Å². The molecule has 0 radical (unpaired) electrons. The molecule has 0 spiro atoms. The van der Waals surface area contributed by atoms with Gasteiger partial charge in [-0.05, 0) is 36.8 Å². The van der Waals surface area contributed by atoms with Crippen LogP contribution in [0.4, 0.5) is 13.2 Å². The first-order valence-corrected chi connectivity index (χ1v) is 7.84. The van der Waals surface area contributed by atoms with Gasteiger partial charge in [0.15, 0.2) is 0 Å². The molecule has 0 saturated heterocycles. The summed E-state index contributed by atoms with van der Waals surface area (Å²) in [5.74, 6) is 1.17. The number of benzene rings is 2. The van der Waals surface area contributed by atoms with Crippen LogP contribution in [0.1, 0.15) is 17.8 Å². The van der Waals surface area contributed by atoms with Gasteiger partial charge >= 0.3 is 6.18 Å². The Hall–Kier alpha value is -2.54. The van der Waals surface area contributed by atoms with E-state index in [0.29, 0.717) is 30.1 Å². The van der Waals surface area contributed by atoms with Crippen molar-refractivity contribution < 1.29 is 23.0 Å². The Morgan fingerprint density at radius 3 is 2.52 bits per heavy atom. The SMILES string of the molecule is OCCCn1c(COc2ccccc2)nc2cc(C(F)(F)F)ccc21. The maximum absolute atomic E-state index is 12.9. The molecule has 0 unspecified atom stereocenters. The number of hydrogen-bond acceptors (Lipinski definition) is 3. The average molecular weight is 350 g/mol. The molecule has 25 heavy (non-hydrogen) atoms. The van der Waals surface area contributed by atoms with Gasteiger partial charge in [-0.25, -0.2) is 4.98 Å². The Morgan fingerprint density at radius 2 is 1.84 bits per heavy atom. The van der Waals surface area contributed by atoms with Gasteiger partial charge in [0.2, 0.25) is 0 Å². The van der Waals surface area contributed by atoms with Gasteiger partial charge in [-0.1, -0.05) is 18.2 Å². The van der Waals surface area contributed by atoms with Gasteiger partial charge in [0.1, 0.15) is 18.2 Å². The number of aliphatic hydroxyl groups excluding tert-OH is 1. The van der Waals surface area contributed by atoms with E-state index in [1.807, 2.05) is 18.2 Å². The lowest BCUT2D eigenvalue weighted by Gasteiger charge is -2.10. The molecule has 1 aromatic heterocycles. The zero-order valence-electron chi connectivity index (χ0n) is 13.3. The van der Waals surface area contributed by atoms with E-state index in [0.717, 1.165) is 12.1 Å². The van der Waals surface area contributed by atoms with Crippen molar-refractivity contribution in [3.05, 3.63) is 59.9 Å². The van der Waals surface area contributed by atoms with Crippen LogP contribution in [-0.4, -0.2) is 21.3 Å². The van der Waals surface area contributed by atoms with Crippen molar-refractivity contribution >= 4 is 11.0 Å². The number of imidazole rings is 1. The molecule has 0 saturated carbocycles. The highest BCUT2D eigenvalue weighted by Gasteiger charge is 2.31. The van der Waals surface area contributed by atoms with E-state index in [2.05, 4.69) is 4.98 Å². The highest BCUT2D eigenvalue weighted by atomic mass is 19.4. The van der Waals surface area contributed by atoms with Crippen LogP contribution in [0.3, 0.4) is 0 Å². The first-order chi connectivity index (χ1) is 12.0. The molecule has 7 heteroatoms. The molecule has 0 amide bonds. The molecular formula is C18H17F3N2O2. The third kappa shape index (κ3) is 3.93. The molecular weight excluding hydrogens is 333 g/mol. The molecule has 132 valence electrons. The van der Waals surface area contributed by atoms with E-state index >= 15 is 0 Å². The Labute approximate surface area is 142 Å². The second-order valence-electron chi connectivity index (χ2n) is 5.56. The van der Waals surface area contributed by atoms with Gasteiger partial charge in [0.25, 0.3) is 0 Å². The Morgan fingerprint density at radius 1 is 1.08 bits per heavy atom. The zero-order chi connectivity index (χ0) is 17.9. The van der Waals surface area contributed by atoms with Crippen molar-refractivity contribution in [3.63, 3.8) is 0 Å². The molecule has 2 aromatic carbocycles. The van der Waals surface area contributed by atoms with Gasteiger partial charge in [-0.2, -0.15) is 13.2 Å². The van der Waals surface area contributed by atoms with E-state index in [1.165, 1.54) is 6.07 Å². The van der Waals surface area contributed by atoms with Gasteiger partial charge < -0.3 is 14.4 Å². The lowest BCUT2D eigenvalue weighted by atomic mass is 10.2. The largest absolute Gasteiger partial charge is 0.486 e. The monoisotopic (exact) mass is 350 g/mol. The molecule has 4 nitrogen and oxygen atoms in total. The van der Waals surface area contributed by atoms with Gasteiger partial charge in [-0.15, -0.1) is 0 Å². The minimum Gasteiger partial charge on any atom is -0.486 e. The van der Waals surface area contributed by atoms with Crippen molar-refractivity contribution in [2.75, 3.05) is 6.61 Å². The van der Waals surface area contributed by atoms with Crippen molar-refractivity contribution in [2.24, 2.45) is 0 Å². The summed E-state index contributed by atoms with van der Waals surface area (Å²) in [6.45, 7) is 0.566. The maximum atomic E-state index is 12.9. The van der Waals surface area contributed by atoms with E-state index in [9.17, 15) is 13.2 Å². The van der Waals surface area contributed by atoms with Crippen molar-refractivity contribution in [2.45, 2.75) is 25.7 Å². The molecule has 0 aliphatic heterocycles. The molecule has 1 heterocycles. The molecule has 0 fully saturated rings. The van der Waals surface area contributed by atoms with Crippen LogP contribution in [0.25, 0.3) is 11.0 Å². The van der Waals surface area contributed by atoms with Crippen molar-refractivity contribution in [1.29, 1.82) is 0 Å². The fraction of sp³-hybridized carbons (Fsp3) is 0.278. The lowest BCUT2D eigenvalue weighted by Crippen LogP contribution is -2.08. The van der Waals surface area contributed by atoms with E-state index < -0.39 is 11.7 Å². The number of hydrogen-bond donors (Lipinski definition) is 1. The summed E-state index contributed by atoms with van der Waals surface area (Å²) < 4.78 is 46.2.